The first-order chi connectivity index (χ1) is 15.3. The normalized spacial score (nSPS) is 15.7. The molecule has 2 N–H and O–H groups in total. The molecule has 166 valence electrons. The van der Waals surface area contributed by atoms with Gasteiger partial charge in [-0.1, -0.05) is 18.2 Å². The SMILES string of the molecule is Cc1ccccc1NC(=S)Nc1ccc(S(=O)(=O)N2c3ccc(F)cc3CC[C@@H]2C)cc1. The van der Waals surface area contributed by atoms with Crippen LogP contribution >= 0.6 is 12.2 Å². The molecule has 0 spiro atoms. The van der Waals surface area contributed by atoms with Crippen molar-refractivity contribution in [2.24, 2.45) is 0 Å². The molecule has 0 fully saturated rings. The van der Waals surface area contributed by atoms with Crippen LogP contribution in [0, 0.1) is 12.7 Å². The van der Waals surface area contributed by atoms with Gasteiger partial charge in [-0.2, -0.15) is 0 Å². The third kappa shape index (κ3) is 4.47. The molecule has 5 nitrogen and oxygen atoms in total. The van der Waals surface area contributed by atoms with Crippen molar-refractivity contribution in [3.05, 3.63) is 83.7 Å². The molecule has 0 aliphatic carbocycles. The molecule has 0 saturated carbocycles. The van der Waals surface area contributed by atoms with E-state index >= 15 is 0 Å². The van der Waals surface area contributed by atoms with E-state index in [4.69, 9.17) is 12.2 Å². The van der Waals surface area contributed by atoms with Crippen LogP contribution in [0.2, 0.25) is 0 Å². The van der Waals surface area contributed by atoms with Gasteiger partial charge in [0.2, 0.25) is 0 Å². The Hall–Kier alpha value is -2.97. The van der Waals surface area contributed by atoms with E-state index in [0.717, 1.165) is 11.3 Å². The number of hydrogen-bond donors (Lipinski definition) is 2. The lowest BCUT2D eigenvalue weighted by atomic mass is 9.99. The molecule has 1 heterocycles. The van der Waals surface area contributed by atoms with Gasteiger partial charge in [-0.3, -0.25) is 4.31 Å². The van der Waals surface area contributed by atoms with Gasteiger partial charge < -0.3 is 10.6 Å². The Morgan fingerprint density at radius 1 is 1.06 bits per heavy atom. The standard InChI is InChI=1S/C24H24FN3O2S2/c1-16-5-3-4-6-22(16)27-24(31)26-20-10-12-21(13-11-20)32(29,30)28-17(2)7-8-18-15-19(25)9-14-23(18)28/h3-6,9-15,17H,7-8H2,1-2H3,(H2,26,27,31)/t17-/m0/s1. The quantitative estimate of drug-likeness (QED) is 0.496. The number of fused-ring (bicyclic) bond motifs is 1. The third-order valence-electron chi connectivity index (χ3n) is 5.57. The van der Waals surface area contributed by atoms with Crippen molar-refractivity contribution in [2.45, 2.75) is 37.6 Å². The van der Waals surface area contributed by atoms with E-state index in [1.165, 1.54) is 16.4 Å². The highest BCUT2D eigenvalue weighted by Crippen LogP contribution is 2.36. The molecule has 32 heavy (non-hydrogen) atoms. The summed E-state index contributed by atoms with van der Waals surface area (Å²) in [5.74, 6) is -0.360. The lowest BCUT2D eigenvalue weighted by Gasteiger charge is -2.36. The highest BCUT2D eigenvalue weighted by Gasteiger charge is 2.33. The van der Waals surface area contributed by atoms with Crippen LogP contribution in [0.1, 0.15) is 24.5 Å². The van der Waals surface area contributed by atoms with Gasteiger partial charge >= 0.3 is 0 Å². The molecule has 3 aromatic rings. The van der Waals surface area contributed by atoms with Crippen molar-refractivity contribution in [3.63, 3.8) is 0 Å². The summed E-state index contributed by atoms with van der Waals surface area (Å²) < 4.78 is 41.9. The van der Waals surface area contributed by atoms with Crippen molar-refractivity contribution < 1.29 is 12.8 Å². The number of thiocarbonyl (C=S) groups is 1. The Morgan fingerprint density at radius 3 is 2.50 bits per heavy atom. The molecule has 1 aliphatic heterocycles. The number of hydrogen-bond acceptors (Lipinski definition) is 3. The molecule has 3 aromatic carbocycles. The van der Waals surface area contributed by atoms with Crippen LogP contribution in [0.15, 0.2) is 71.6 Å². The number of nitrogens with one attached hydrogen (secondary N) is 2. The highest BCUT2D eigenvalue weighted by atomic mass is 32.2. The lowest BCUT2D eigenvalue weighted by Crippen LogP contribution is -2.42. The summed E-state index contributed by atoms with van der Waals surface area (Å²) >= 11 is 5.38. The highest BCUT2D eigenvalue weighted by molar-refractivity contribution is 7.92. The summed E-state index contributed by atoms with van der Waals surface area (Å²) in [7, 11) is -3.80. The largest absolute Gasteiger partial charge is 0.332 e. The predicted molar refractivity (Wildman–Crippen MR) is 131 cm³/mol. The van der Waals surface area contributed by atoms with Crippen LogP contribution in [0.5, 0.6) is 0 Å². The van der Waals surface area contributed by atoms with E-state index in [9.17, 15) is 12.8 Å². The monoisotopic (exact) mass is 469 g/mol. The smallest absolute Gasteiger partial charge is 0.264 e. The van der Waals surface area contributed by atoms with Gasteiger partial charge in [-0.25, -0.2) is 12.8 Å². The van der Waals surface area contributed by atoms with Crippen LogP contribution in [0.4, 0.5) is 21.5 Å². The van der Waals surface area contributed by atoms with E-state index in [1.807, 2.05) is 38.1 Å². The minimum Gasteiger partial charge on any atom is -0.332 e. The van der Waals surface area contributed by atoms with Gasteiger partial charge in [0.1, 0.15) is 5.82 Å². The summed E-state index contributed by atoms with van der Waals surface area (Å²) in [5.41, 5.74) is 3.88. The molecular formula is C24H24FN3O2S2. The first kappa shape index (κ1) is 22.2. The molecule has 1 aliphatic rings. The Bertz CT molecular complexity index is 1260. The second-order valence-corrected chi connectivity index (χ2v) is 10.1. The Morgan fingerprint density at radius 2 is 1.78 bits per heavy atom. The Balaban J connectivity index is 1.54. The molecule has 0 saturated heterocycles. The van der Waals surface area contributed by atoms with Crippen LogP contribution in [0.3, 0.4) is 0 Å². The summed E-state index contributed by atoms with van der Waals surface area (Å²) in [6, 6.07) is 18.3. The van der Waals surface area contributed by atoms with E-state index in [2.05, 4.69) is 10.6 Å². The van der Waals surface area contributed by atoms with Crippen LogP contribution in [-0.2, 0) is 16.4 Å². The molecule has 0 bridgehead atoms. The van der Waals surface area contributed by atoms with Crippen molar-refractivity contribution in [1.82, 2.24) is 0 Å². The number of benzene rings is 3. The first-order valence-electron chi connectivity index (χ1n) is 10.3. The van der Waals surface area contributed by atoms with E-state index in [0.29, 0.717) is 34.9 Å². The van der Waals surface area contributed by atoms with E-state index in [1.54, 1.807) is 30.3 Å². The number of sulfonamides is 1. The molecule has 0 amide bonds. The Labute approximate surface area is 193 Å². The molecule has 0 aromatic heterocycles. The fourth-order valence-electron chi connectivity index (χ4n) is 3.88. The van der Waals surface area contributed by atoms with Crippen molar-refractivity contribution in [1.29, 1.82) is 0 Å². The average Bonchev–Trinajstić information content (AvgIpc) is 2.75. The van der Waals surface area contributed by atoms with Crippen LogP contribution in [0.25, 0.3) is 0 Å². The summed E-state index contributed by atoms with van der Waals surface area (Å²) in [6.07, 6.45) is 1.28. The maximum absolute atomic E-state index is 13.7. The van der Waals surface area contributed by atoms with Crippen LogP contribution < -0.4 is 14.9 Å². The summed E-state index contributed by atoms with van der Waals surface area (Å²) in [6.45, 7) is 3.86. The summed E-state index contributed by atoms with van der Waals surface area (Å²) in [5, 5.41) is 6.63. The van der Waals surface area contributed by atoms with Gasteiger partial charge in [-0.15, -0.1) is 0 Å². The van der Waals surface area contributed by atoms with E-state index < -0.39 is 10.0 Å². The number of aryl methyl sites for hydroxylation is 2. The van der Waals surface area contributed by atoms with E-state index in [-0.39, 0.29) is 16.8 Å². The molecule has 0 unspecified atom stereocenters. The average molecular weight is 470 g/mol. The topological polar surface area (TPSA) is 61.4 Å². The summed E-state index contributed by atoms with van der Waals surface area (Å²) in [4.78, 5) is 0.171. The molecule has 8 heteroatoms. The molecule has 1 atom stereocenters. The van der Waals surface area contributed by atoms with Gasteiger partial charge in [0, 0.05) is 17.4 Å². The van der Waals surface area contributed by atoms with Crippen molar-refractivity contribution in [3.8, 4) is 0 Å². The fraction of sp³-hybridized carbons (Fsp3) is 0.208. The molecule has 0 radical (unpaired) electrons. The maximum atomic E-state index is 13.7. The minimum absolute atomic E-state index is 0.171. The second kappa shape index (κ2) is 8.88. The second-order valence-electron chi connectivity index (χ2n) is 7.88. The third-order valence-corrected chi connectivity index (χ3v) is 7.72. The van der Waals surface area contributed by atoms with Gasteiger partial charge in [0.15, 0.2) is 5.11 Å². The van der Waals surface area contributed by atoms with Gasteiger partial charge in [-0.05, 0) is 98.6 Å². The fourth-order valence-corrected chi connectivity index (χ4v) is 5.83. The predicted octanol–water partition coefficient (Wildman–Crippen LogP) is 5.47. The molecule has 4 rings (SSSR count). The number of rotatable bonds is 4. The number of halogens is 1. The number of para-hydroxylation sites is 1. The van der Waals surface area contributed by atoms with Gasteiger partial charge in [0.25, 0.3) is 10.0 Å². The zero-order chi connectivity index (χ0) is 22.9. The zero-order valence-electron chi connectivity index (χ0n) is 17.8. The Kier molecular flexibility index (Phi) is 6.17. The minimum atomic E-state index is -3.80. The van der Waals surface area contributed by atoms with Crippen molar-refractivity contribution in [2.75, 3.05) is 14.9 Å². The van der Waals surface area contributed by atoms with Crippen molar-refractivity contribution >= 4 is 44.4 Å². The van der Waals surface area contributed by atoms with Crippen LogP contribution in [-0.4, -0.2) is 19.6 Å². The zero-order valence-corrected chi connectivity index (χ0v) is 19.4. The maximum Gasteiger partial charge on any atom is 0.264 e. The lowest BCUT2D eigenvalue weighted by molar-refractivity contribution is 0.560. The number of anilines is 3. The first-order valence-corrected chi connectivity index (χ1v) is 12.2. The van der Waals surface area contributed by atoms with Gasteiger partial charge in [0.05, 0.1) is 10.6 Å². The number of nitrogens with zero attached hydrogens (tertiary/aromatic N) is 1. The molecular weight excluding hydrogens is 445 g/mol.